The van der Waals surface area contributed by atoms with Crippen molar-refractivity contribution in [3.63, 3.8) is 0 Å². The average Bonchev–Trinajstić information content (AvgIpc) is 2.96. The van der Waals surface area contributed by atoms with Crippen molar-refractivity contribution in [2.24, 2.45) is 5.92 Å². The van der Waals surface area contributed by atoms with Crippen LogP contribution in [0.1, 0.15) is 75.5 Å². The van der Waals surface area contributed by atoms with Crippen molar-refractivity contribution in [1.29, 1.82) is 0 Å². The zero-order valence-corrected chi connectivity index (χ0v) is 11.7. The van der Waals surface area contributed by atoms with Crippen LogP contribution in [0, 0.1) is 5.92 Å². The molecule has 1 saturated carbocycles. The molecule has 0 bridgehead atoms. The van der Waals surface area contributed by atoms with Crippen molar-refractivity contribution in [2.45, 2.75) is 70.3 Å². The van der Waals surface area contributed by atoms with Crippen LogP contribution in [0.3, 0.4) is 0 Å². The van der Waals surface area contributed by atoms with Gasteiger partial charge in [0.1, 0.15) is 0 Å². The Hall–Kier alpha value is -0.900. The summed E-state index contributed by atoms with van der Waals surface area (Å²) in [6.45, 7) is 1.08. The maximum Gasteiger partial charge on any atom is 0.226 e. The minimum Gasteiger partial charge on any atom is -0.339 e. The number of nitrogens with one attached hydrogen (secondary N) is 1. The second-order valence-corrected chi connectivity index (χ2v) is 6.09. The van der Waals surface area contributed by atoms with E-state index in [9.17, 15) is 0 Å². The van der Waals surface area contributed by atoms with Gasteiger partial charge < -0.3 is 9.84 Å². The van der Waals surface area contributed by atoms with Crippen LogP contribution in [0.25, 0.3) is 0 Å². The Kier molecular flexibility index (Phi) is 4.49. The van der Waals surface area contributed by atoms with Gasteiger partial charge in [-0.1, -0.05) is 43.7 Å². The first-order chi connectivity index (χ1) is 9.42. The number of nitrogens with zero attached hydrogens (tertiary/aromatic N) is 2. The third-order valence-electron chi connectivity index (χ3n) is 4.60. The Balaban J connectivity index is 1.49. The van der Waals surface area contributed by atoms with Crippen molar-refractivity contribution in [3.05, 3.63) is 11.7 Å². The van der Waals surface area contributed by atoms with E-state index in [1.54, 1.807) is 0 Å². The molecule has 1 aliphatic heterocycles. The summed E-state index contributed by atoms with van der Waals surface area (Å²) in [7, 11) is 0. The molecule has 106 valence electrons. The highest BCUT2D eigenvalue weighted by Gasteiger charge is 2.21. The van der Waals surface area contributed by atoms with Crippen LogP contribution < -0.4 is 5.32 Å². The molecule has 2 heterocycles. The lowest BCUT2D eigenvalue weighted by Crippen LogP contribution is -2.27. The first-order valence-corrected chi connectivity index (χ1v) is 7.97. The van der Waals surface area contributed by atoms with E-state index in [0.717, 1.165) is 37.0 Å². The summed E-state index contributed by atoms with van der Waals surface area (Å²) < 4.78 is 5.41. The van der Waals surface area contributed by atoms with Crippen LogP contribution in [0.5, 0.6) is 0 Å². The van der Waals surface area contributed by atoms with Gasteiger partial charge in [-0.3, -0.25) is 0 Å². The third kappa shape index (κ3) is 3.56. The van der Waals surface area contributed by atoms with Crippen LogP contribution in [0.15, 0.2) is 4.52 Å². The van der Waals surface area contributed by atoms with E-state index in [1.165, 1.54) is 51.4 Å². The Morgan fingerprint density at radius 1 is 1.05 bits per heavy atom. The van der Waals surface area contributed by atoms with Gasteiger partial charge in [0, 0.05) is 6.42 Å². The summed E-state index contributed by atoms with van der Waals surface area (Å²) in [4.78, 5) is 4.58. The third-order valence-corrected chi connectivity index (χ3v) is 4.60. The predicted octanol–water partition coefficient (Wildman–Crippen LogP) is 3.40. The van der Waals surface area contributed by atoms with E-state index in [-0.39, 0.29) is 0 Å². The topological polar surface area (TPSA) is 51.0 Å². The molecule has 1 aliphatic carbocycles. The van der Waals surface area contributed by atoms with E-state index < -0.39 is 0 Å². The first kappa shape index (κ1) is 13.1. The molecule has 0 radical (unpaired) electrons. The summed E-state index contributed by atoms with van der Waals surface area (Å²) >= 11 is 0. The van der Waals surface area contributed by atoms with Gasteiger partial charge in [-0.25, -0.2) is 0 Å². The van der Waals surface area contributed by atoms with Crippen molar-refractivity contribution in [3.8, 4) is 0 Å². The largest absolute Gasteiger partial charge is 0.339 e. The van der Waals surface area contributed by atoms with E-state index in [2.05, 4.69) is 15.5 Å². The number of aryl methyl sites for hydroxylation is 1. The van der Waals surface area contributed by atoms with E-state index in [0.29, 0.717) is 6.04 Å². The molecular weight excluding hydrogens is 238 g/mol. The molecule has 0 aromatic carbocycles. The van der Waals surface area contributed by atoms with Crippen LogP contribution in [0.4, 0.5) is 0 Å². The number of aromatic nitrogens is 2. The number of hydrogen-bond acceptors (Lipinski definition) is 4. The van der Waals surface area contributed by atoms with E-state index in [4.69, 9.17) is 4.52 Å². The number of hydrogen-bond donors (Lipinski definition) is 1. The molecule has 1 atom stereocenters. The van der Waals surface area contributed by atoms with Gasteiger partial charge in [-0.15, -0.1) is 0 Å². The maximum absolute atomic E-state index is 5.41. The summed E-state index contributed by atoms with van der Waals surface area (Å²) in [5.41, 5.74) is 0. The average molecular weight is 263 g/mol. The van der Waals surface area contributed by atoms with Gasteiger partial charge in [0.15, 0.2) is 5.82 Å². The van der Waals surface area contributed by atoms with Gasteiger partial charge >= 0.3 is 0 Å². The Labute approximate surface area is 115 Å². The SMILES string of the molecule is C1CCC(CCc2nc(C3CCCCN3)no2)CC1. The van der Waals surface area contributed by atoms with Crippen molar-refractivity contribution in [2.75, 3.05) is 6.54 Å². The van der Waals surface area contributed by atoms with Crippen LogP contribution >= 0.6 is 0 Å². The molecule has 2 aliphatic rings. The molecule has 1 saturated heterocycles. The standard InChI is InChI=1S/C15H25N3O/c1-2-6-12(7-3-1)9-10-14-17-15(18-19-14)13-8-4-5-11-16-13/h12-13,16H,1-11H2. The normalized spacial score (nSPS) is 25.6. The minimum atomic E-state index is 0.320. The smallest absolute Gasteiger partial charge is 0.226 e. The zero-order chi connectivity index (χ0) is 12.9. The second kappa shape index (κ2) is 6.51. The van der Waals surface area contributed by atoms with E-state index in [1.807, 2.05) is 0 Å². The molecule has 4 heteroatoms. The summed E-state index contributed by atoms with van der Waals surface area (Å²) in [6.07, 6.45) is 12.9. The lowest BCUT2D eigenvalue weighted by atomic mass is 9.86. The molecular formula is C15H25N3O. The lowest BCUT2D eigenvalue weighted by Gasteiger charge is -2.20. The molecule has 2 fully saturated rings. The highest BCUT2D eigenvalue weighted by atomic mass is 16.5. The number of rotatable bonds is 4. The monoisotopic (exact) mass is 263 g/mol. The first-order valence-electron chi connectivity index (χ1n) is 7.97. The Morgan fingerprint density at radius 3 is 2.68 bits per heavy atom. The van der Waals surface area contributed by atoms with Crippen LogP contribution in [-0.2, 0) is 6.42 Å². The van der Waals surface area contributed by atoms with Gasteiger partial charge in [0.05, 0.1) is 6.04 Å². The van der Waals surface area contributed by atoms with Gasteiger partial charge in [0.2, 0.25) is 5.89 Å². The second-order valence-electron chi connectivity index (χ2n) is 6.09. The fourth-order valence-electron chi connectivity index (χ4n) is 3.39. The minimum absolute atomic E-state index is 0.320. The zero-order valence-electron chi connectivity index (χ0n) is 11.7. The summed E-state index contributed by atoms with van der Waals surface area (Å²) in [5, 5.41) is 7.62. The highest BCUT2D eigenvalue weighted by Crippen LogP contribution is 2.27. The van der Waals surface area contributed by atoms with Crippen molar-refractivity contribution < 1.29 is 4.52 Å². The Bertz CT molecular complexity index is 378. The molecule has 0 spiro atoms. The molecule has 1 aromatic rings. The molecule has 1 aromatic heterocycles. The van der Waals surface area contributed by atoms with Gasteiger partial charge in [-0.05, 0) is 31.7 Å². The molecule has 19 heavy (non-hydrogen) atoms. The fourth-order valence-corrected chi connectivity index (χ4v) is 3.39. The molecule has 1 N–H and O–H groups in total. The fraction of sp³-hybridized carbons (Fsp3) is 0.867. The molecule has 0 amide bonds. The lowest BCUT2D eigenvalue weighted by molar-refractivity contribution is 0.311. The van der Waals surface area contributed by atoms with Crippen LogP contribution in [0.2, 0.25) is 0 Å². The molecule has 3 rings (SSSR count). The van der Waals surface area contributed by atoms with Crippen molar-refractivity contribution in [1.82, 2.24) is 15.5 Å². The molecule has 4 nitrogen and oxygen atoms in total. The maximum atomic E-state index is 5.41. The van der Waals surface area contributed by atoms with Crippen molar-refractivity contribution >= 4 is 0 Å². The molecule has 1 unspecified atom stereocenters. The summed E-state index contributed by atoms with van der Waals surface area (Å²) in [5.74, 6) is 2.60. The number of piperidine rings is 1. The Morgan fingerprint density at radius 2 is 1.89 bits per heavy atom. The highest BCUT2D eigenvalue weighted by molar-refractivity contribution is 4.96. The van der Waals surface area contributed by atoms with Gasteiger partial charge in [0.25, 0.3) is 0 Å². The van der Waals surface area contributed by atoms with Gasteiger partial charge in [-0.2, -0.15) is 4.98 Å². The summed E-state index contributed by atoms with van der Waals surface area (Å²) in [6, 6.07) is 0.320. The van der Waals surface area contributed by atoms with Crippen LogP contribution in [-0.4, -0.2) is 16.7 Å². The quantitative estimate of drug-likeness (QED) is 0.904. The predicted molar refractivity (Wildman–Crippen MR) is 73.8 cm³/mol. The van der Waals surface area contributed by atoms with E-state index >= 15 is 0 Å².